The molecule has 1 rings (SSSR count). The monoisotopic (exact) mass is 247 g/mol. The van der Waals surface area contributed by atoms with Gasteiger partial charge in [0.2, 0.25) is 0 Å². The van der Waals surface area contributed by atoms with Crippen LogP contribution in [-0.4, -0.2) is 70.8 Å². The zero-order valence-electron chi connectivity index (χ0n) is 10.7. The van der Waals surface area contributed by atoms with Gasteiger partial charge < -0.3 is 18.9 Å². The first-order chi connectivity index (χ1) is 8.19. The minimum Gasteiger partial charge on any atom is -0.469 e. The van der Waals surface area contributed by atoms with Crippen molar-refractivity contribution in [3.05, 3.63) is 0 Å². The van der Waals surface area contributed by atoms with Crippen LogP contribution in [0, 0.1) is 0 Å². The van der Waals surface area contributed by atoms with E-state index in [1.807, 2.05) is 0 Å². The summed E-state index contributed by atoms with van der Waals surface area (Å²) in [7, 11) is 4.61. The van der Waals surface area contributed by atoms with Crippen molar-refractivity contribution < 1.29 is 23.7 Å². The number of hydrogen-bond donors (Lipinski definition) is 0. The van der Waals surface area contributed by atoms with Crippen molar-refractivity contribution in [1.82, 2.24) is 4.90 Å². The number of carbonyl (C=O) groups excluding carboxylic acids is 1. The lowest BCUT2D eigenvalue weighted by Gasteiger charge is -2.33. The van der Waals surface area contributed by atoms with Gasteiger partial charge in [-0.05, 0) is 0 Å². The molecule has 0 amide bonds. The quantitative estimate of drug-likeness (QED) is 0.481. The molecule has 1 fully saturated rings. The van der Waals surface area contributed by atoms with Gasteiger partial charge in [0.15, 0.2) is 6.29 Å². The number of hydrogen-bond acceptors (Lipinski definition) is 6. The molecule has 0 radical (unpaired) electrons. The Balaban J connectivity index is 2.35. The smallest absolute Gasteiger partial charge is 0.308 e. The number of rotatable bonds is 6. The Hall–Kier alpha value is -0.690. The van der Waals surface area contributed by atoms with Gasteiger partial charge in [-0.2, -0.15) is 0 Å². The van der Waals surface area contributed by atoms with Crippen LogP contribution < -0.4 is 0 Å². The second-order valence-electron chi connectivity index (χ2n) is 3.93. The van der Waals surface area contributed by atoms with Crippen LogP contribution in [0.3, 0.4) is 0 Å². The number of morpholine rings is 1. The Labute approximate surface area is 102 Å². The van der Waals surface area contributed by atoms with Crippen molar-refractivity contribution in [1.29, 1.82) is 0 Å². The highest BCUT2D eigenvalue weighted by Gasteiger charge is 2.24. The van der Waals surface area contributed by atoms with E-state index in [1.54, 1.807) is 14.2 Å². The molecular formula is C11H21NO5. The van der Waals surface area contributed by atoms with E-state index in [-0.39, 0.29) is 24.8 Å². The molecule has 0 spiro atoms. The summed E-state index contributed by atoms with van der Waals surface area (Å²) in [6.07, 6.45) is -0.0603. The second-order valence-corrected chi connectivity index (χ2v) is 3.93. The topological polar surface area (TPSA) is 57.2 Å². The molecule has 0 N–H and O–H groups in total. The third-order valence-corrected chi connectivity index (χ3v) is 2.78. The minimum absolute atomic E-state index is 0.106. The van der Waals surface area contributed by atoms with Gasteiger partial charge in [-0.15, -0.1) is 0 Å². The predicted octanol–water partition coefficient (Wildman–Crippen LogP) is -0.131. The molecule has 0 aromatic heterocycles. The van der Waals surface area contributed by atoms with Crippen LogP contribution >= 0.6 is 0 Å². The zero-order chi connectivity index (χ0) is 12.7. The normalized spacial score (nSPS) is 21.8. The van der Waals surface area contributed by atoms with Crippen LogP contribution in [-0.2, 0) is 23.7 Å². The highest BCUT2D eigenvalue weighted by atomic mass is 16.7. The van der Waals surface area contributed by atoms with E-state index < -0.39 is 0 Å². The second kappa shape index (κ2) is 7.60. The number of methoxy groups -OCH3 is 3. The molecule has 1 atom stereocenters. The summed E-state index contributed by atoms with van der Waals surface area (Å²) >= 11 is 0. The molecule has 100 valence electrons. The molecule has 17 heavy (non-hydrogen) atoms. The third-order valence-electron chi connectivity index (χ3n) is 2.78. The zero-order valence-corrected chi connectivity index (χ0v) is 10.7. The first kappa shape index (κ1) is 14.4. The van der Waals surface area contributed by atoms with Crippen molar-refractivity contribution in [2.45, 2.75) is 18.8 Å². The van der Waals surface area contributed by atoms with Crippen LogP contribution in [0.25, 0.3) is 0 Å². The summed E-state index contributed by atoms with van der Waals surface area (Å²) < 4.78 is 20.4. The van der Waals surface area contributed by atoms with Crippen LogP contribution in [0.2, 0.25) is 0 Å². The maximum absolute atomic E-state index is 11.2. The summed E-state index contributed by atoms with van der Waals surface area (Å²) in [5, 5.41) is 0. The molecule has 0 bridgehead atoms. The molecule has 1 unspecified atom stereocenters. The Morgan fingerprint density at radius 2 is 2.12 bits per heavy atom. The largest absolute Gasteiger partial charge is 0.469 e. The Morgan fingerprint density at radius 1 is 1.41 bits per heavy atom. The summed E-state index contributed by atoms with van der Waals surface area (Å²) in [6, 6.07) is 0. The van der Waals surface area contributed by atoms with Gasteiger partial charge in [0.25, 0.3) is 0 Å². The van der Waals surface area contributed by atoms with Gasteiger partial charge in [-0.25, -0.2) is 0 Å². The lowest BCUT2D eigenvalue weighted by Crippen LogP contribution is -2.46. The predicted molar refractivity (Wildman–Crippen MR) is 60.6 cm³/mol. The van der Waals surface area contributed by atoms with Crippen LogP contribution in [0.4, 0.5) is 0 Å². The van der Waals surface area contributed by atoms with Crippen LogP contribution in [0.15, 0.2) is 0 Å². The average molecular weight is 247 g/mol. The van der Waals surface area contributed by atoms with E-state index in [0.29, 0.717) is 19.7 Å². The van der Waals surface area contributed by atoms with E-state index in [9.17, 15) is 4.79 Å². The van der Waals surface area contributed by atoms with E-state index in [0.717, 1.165) is 6.54 Å². The van der Waals surface area contributed by atoms with Crippen molar-refractivity contribution in [3.63, 3.8) is 0 Å². The first-order valence-corrected chi connectivity index (χ1v) is 5.66. The molecule has 0 saturated carbocycles. The maximum Gasteiger partial charge on any atom is 0.308 e. The Bertz CT molecular complexity index is 232. The number of nitrogens with zero attached hydrogens (tertiary/aromatic N) is 1. The number of ether oxygens (including phenoxy) is 4. The fourth-order valence-electron chi connectivity index (χ4n) is 1.80. The van der Waals surface area contributed by atoms with E-state index >= 15 is 0 Å². The minimum atomic E-state index is -0.244. The molecule has 6 nitrogen and oxygen atoms in total. The average Bonchev–Trinajstić information content (AvgIpc) is 2.36. The van der Waals surface area contributed by atoms with E-state index in [1.165, 1.54) is 7.11 Å². The molecule has 0 aromatic carbocycles. The van der Waals surface area contributed by atoms with E-state index in [2.05, 4.69) is 9.64 Å². The fraction of sp³-hybridized carbons (Fsp3) is 0.909. The lowest BCUT2D eigenvalue weighted by atomic mass is 10.2. The van der Waals surface area contributed by atoms with Gasteiger partial charge in [0.1, 0.15) is 0 Å². The number of esters is 1. The highest BCUT2D eigenvalue weighted by Crippen LogP contribution is 2.10. The van der Waals surface area contributed by atoms with Gasteiger partial charge in [-0.3, -0.25) is 9.69 Å². The van der Waals surface area contributed by atoms with Crippen molar-refractivity contribution in [2.75, 3.05) is 47.6 Å². The maximum atomic E-state index is 11.2. The summed E-state index contributed by atoms with van der Waals surface area (Å²) in [5.41, 5.74) is 0. The van der Waals surface area contributed by atoms with Gasteiger partial charge in [0, 0.05) is 33.9 Å². The third kappa shape index (κ3) is 4.99. The van der Waals surface area contributed by atoms with Gasteiger partial charge in [0.05, 0.1) is 26.2 Å². The fourth-order valence-corrected chi connectivity index (χ4v) is 1.80. The molecule has 6 heteroatoms. The molecule has 1 heterocycles. The van der Waals surface area contributed by atoms with E-state index in [4.69, 9.17) is 14.2 Å². The molecular weight excluding hydrogens is 226 g/mol. The van der Waals surface area contributed by atoms with Gasteiger partial charge >= 0.3 is 5.97 Å². The highest BCUT2D eigenvalue weighted by molar-refractivity contribution is 5.69. The molecule has 1 saturated heterocycles. The lowest BCUT2D eigenvalue weighted by molar-refractivity contribution is -0.149. The first-order valence-electron chi connectivity index (χ1n) is 5.66. The summed E-state index contributed by atoms with van der Waals surface area (Å²) in [5.74, 6) is -0.244. The van der Waals surface area contributed by atoms with Crippen molar-refractivity contribution in [2.24, 2.45) is 0 Å². The van der Waals surface area contributed by atoms with Crippen LogP contribution in [0.5, 0.6) is 0 Å². The summed E-state index contributed by atoms with van der Waals surface area (Å²) in [4.78, 5) is 13.3. The van der Waals surface area contributed by atoms with Gasteiger partial charge in [-0.1, -0.05) is 0 Å². The Kier molecular flexibility index (Phi) is 6.43. The van der Waals surface area contributed by atoms with Crippen molar-refractivity contribution in [3.8, 4) is 0 Å². The molecule has 1 aliphatic rings. The van der Waals surface area contributed by atoms with Crippen LogP contribution in [0.1, 0.15) is 6.42 Å². The number of carbonyl (C=O) groups is 1. The molecule has 1 aliphatic heterocycles. The molecule has 0 aromatic rings. The SMILES string of the molecule is COC(=O)CC1CN(CC(OC)OC)CCO1. The Morgan fingerprint density at radius 3 is 2.71 bits per heavy atom. The summed E-state index contributed by atoms with van der Waals surface area (Å²) in [6.45, 7) is 2.80. The van der Waals surface area contributed by atoms with Crippen molar-refractivity contribution >= 4 is 5.97 Å². The molecule has 0 aliphatic carbocycles. The standard InChI is InChI=1S/C11H21NO5/c1-14-10(13)6-9-7-12(4-5-17-9)8-11(15-2)16-3/h9,11H,4-8H2,1-3H3.